The number of ether oxygens (including phenoxy) is 1. The number of nitriles is 1. The normalized spacial score (nSPS) is 21.8. The maximum Gasteiger partial charge on any atom is 0.332 e. The monoisotopic (exact) mass is 320 g/mol. The Balaban J connectivity index is 2.13. The predicted octanol–water partition coefficient (Wildman–Crippen LogP) is 2.41. The molecule has 1 aliphatic carbocycles. The lowest BCUT2D eigenvalue weighted by Gasteiger charge is -2.40. The first-order valence-corrected chi connectivity index (χ1v) is 7.58. The third-order valence-corrected chi connectivity index (χ3v) is 4.17. The summed E-state index contributed by atoms with van der Waals surface area (Å²) in [5.41, 5.74) is 2.35. The Morgan fingerprint density at radius 2 is 2.12 bits per heavy atom. The summed E-state index contributed by atoms with van der Waals surface area (Å²) in [4.78, 5) is 26.6. The highest BCUT2D eigenvalue weighted by Gasteiger charge is 2.39. The Labute approximate surface area is 140 Å². The molecule has 1 aromatic rings. The van der Waals surface area contributed by atoms with Crippen LogP contribution in [0.15, 0.2) is 54.1 Å². The summed E-state index contributed by atoms with van der Waals surface area (Å²) in [5.74, 6) is -0.596. The number of rotatable bonds is 3. The molecule has 0 fully saturated rings. The highest BCUT2D eigenvalue weighted by atomic mass is 16.5. The Morgan fingerprint density at radius 3 is 2.88 bits per heavy atom. The Morgan fingerprint density at radius 1 is 1.33 bits per heavy atom. The third kappa shape index (κ3) is 2.63. The van der Waals surface area contributed by atoms with E-state index in [1.165, 1.54) is 13.2 Å². The fourth-order valence-corrected chi connectivity index (χ4v) is 3.11. The molecule has 0 saturated heterocycles. The fourth-order valence-electron chi connectivity index (χ4n) is 3.11. The second-order valence-corrected chi connectivity index (χ2v) is 5.53. The number of hydrogen-bond acceptors (Lipinski definition) is 5. The average Bonchev–Trinajstić information content (AvgIpc) is 2.61. The molecule has 0 spiro atoms. The van der Waals surface area contributed by atoms with Gasteiger partial charge in [-0.2, -0.15) is 5.26 Å². The summed E-state index contributed by atoms with van der Waals surface area (Å²) in [6, 6.07) is 8.23. The van der Waals surface area contributed by atoms with Crippen LogP contribution < -0.4 is 4.90 Å². The number of fused-ring (bicyclic) bond motifs is 1. The molecule has 1 aromatic carbocycles. The van der Waals surface area contributed by atoms with Gasteiger partial charge in [0.1, 0.15) is 12.1 Å². The van der Waals surface area contributed by atoms with E-state index in [1.54, 1.807) is 23.1 Å². The van der Waals surface area contributed by atoms with Crippen LogP contribution in [-0.2, 0) is 14.3 Å². The van der Waals surface area contributed by atoms with Gasteiger partial charge in [0.05, 0.1) is 19.6 Å². The van der Waals surface area contributed by atoms with Gasteiger partial charge in [0.15, 0.2) is 5.78 Å². The van der Waals surface area contributed by atoms with Crippen LogP contribution in [0.2, 0.25) is 0 Å². The summed E-state index contributed by atoms with van der Waals surface area (Å²) >= 11 is 0. The summed E-state index contributed by atoms with van der Waals surface area (Å²) in [6.07, 6.45) is 8.58. The molecule has 2 unspecified atom stereocenters. The van der Waals surface area contributed by atoms with Crippen LogP contribution in [0.25, 0.3) is 6.08 Å². The van der Waals surface area contributed by atoms with Crippen LogP contribution in [0, 0.1) is 11.3 Å². The minimum atomic E-state index is -0.715. The van der Waals surface area contributed by atoms with Gasteiger partial charge in [-0.25, -0.2) is 4.79 Å². The number of carbonyl (C=O) groups excluding carboxylic acids is 2. The van der Waals surface area contributed by atoms with E-state index < -0.39 is 18.1 Å². The van der Waals surface area contributed by atoms with Gasteiger partial charge in [0.2, 0.25) is 0 Å². The SMILES string of the molecule is COC(=O)C1C=Cc2ccccc2N1C1C(=O)C=CC=C1CC#N. The zero-order valence-electron chi connectivity index (χ0n) is 13.2. The van der Waals surface area contributed by atoms with Gasteiger partial charge in [-0.05, 0) is 23.3 Å². The van der Waals surface area contributed by atoms with Gasteiger partial charge in [0.25, 0.3) is 0 Å². The Hall–Kier alpha value is -3.13. The maximum absolute atomic E-state index is 12.6. The minimum Gasteiger partial charge on any atom is -0.467 e. The van der Waals surface area contributed by atoms with E-state index in [1.807, 2.05) is 30.3 Å². The largest absolute Gasteiger partial charge is 0.467 e. The van der Waals surface area contributed by atoms with Crippen molar-refractivity contribution in [1.29, 1.82) is 5.26 Å². The third-order valence-electron chi connectivity index (χ3n) is 4.17. The topological polar surface area (TPSA) is 70.4 Å². The van der Waals surface area contributed by atoms with E-state index >= 15 is 0 Å². The minimum absolute atomic E-state index is 0.122. The first-order valence-electron chi connectivity index (χ1n) is 7.58. The molecule has 2 atom stereocenters. The number of ketones is 1. The smallest absolute Gasteiger partial charge is 0.332 e. The van der Waals surface area contributed by atoms with Crippen molar-refractivity contribution in [3.8, 4) is 6.07 Å². The lowest BCUT2D eigenvalue weighted by atomic mass is 9.90. The van der Waals surface area contributed by atoms with E-state index in [0.29, 0.717) is 5.57 Å². The maximum atomic E-state index is 12.6. The van der Waals surface area contributed by atoms with Crippen molar-refractivity contribution in [3.63, 3.8) is 0 Å². The van der Waals surface area contributed by atoms with Crippen molar-refractivity contribution in [2.24, 2.45) is 0 Å². The number of nitrogens with zero attached hydrogens (tertiary/aromatic N) is 2. The van der Waals surface area contributed by atoms with Gasteiger partial charge in [0, 0.05) is 5.69 Å². The summed E-state index contributed by atoms with van der Waals surface area (Å²) in [6.45, 7) is 0. The first kappa shape index (κ1) is 15.8. The van der Waals surface area contributed by atoms with Gasteiger partial charge < -0.3 is 9.64 Å². The Kier molecular flexibility index (Phi) is 4.30. The van der Waals surface area contributed by atoms with Crippen molar-refractivity contribution in [1.82, 2.24) is 0 Å². The van der Waals surface area contributed by atoms with E-state index in [4.69, 9.17) is 10.00 Å². The number of carbonyl (C=O) groups is 2. The van der Waals surface area contributed by atoms with Crippen molar-refractivity contribution in [3.05, 3.63) is 59.7 Å². The van der Waals surface area contributed by atoms with Crippen molar-refractivity contribution in [2.75, 3.05) is 12.0 Å². The van der Waals surface area contributed by atoms with Crippen LogP contribution in [0.5, 0.6) is 0 Å². The van der Waals surface area contributed by atoms with E-state index in [0.717, 1.165) is 11.3 Å². The van der Waals surface area contributed by atoms with Crippen LogP contribution in [0.4, 0.5) is 5.69 Å². The molecule has 5 nitrogen and oxygen atoms in total. The molecule has 3 rings (SSSR count). The first-order chi connectivity index (χ1) is 11.7. The predicted molar refractivity (Wildman–Crippen MR) is 90.0 cm³/mol. The molecule has 5 heteroatoms. The molecule has 0 saturated carbocycles. The number of hydrogen-bond donors (Lipinski definition) is 0. The second-order valence-electron chi connectivity index (χ2n) is 5.53. The van der Waals surface area contributed by atoms with Gasteiger partial charge in [-0.15, -0.1) is 0 Å². The average molecular weight is 320 g/mol. The second kappa shape index (κ2) is 6.55. The molecule has 1 heterocycles. The molecule has 0 amide bonds. The quantitative estimate of drug-likeness (QED) is 0.800. The van der Waals surface area contributed by atoms with Gasteiger partial charge >= 0.3 is 5.97 Å². The Bertz CT molecular complexity index is 814. The molecule has 120 valence electrons. The molecule has 0 aromatic heterocycles. The van der Waals surface area contributed by atoms with Crippen LogP contribution >= 0.6 is 0 Å². The van der Waals surface area contributed by atoms with Gasteiger partial charge in [-0.1, -0.05) is 42.5 Å². The molecule has 2 aliphatic rings. The summed E-state index contributed by atoms with van der Waals surface area (Å²) < 4.78 is 4.91. The lowest BCUT2D eigenvalue weighted by Crippen LogP contribution is -2.52. The van der Waals surface area contributed by atoms with E-state index in [2.05, 4.69) is 6.07 Å². The van der Waals surface area contributed by atoms with E-state index in [-0.39, 0.29) is 12.2 Å². The van der Waals surface area contributed by atoms with E-state index in [9.17, 15) is 9.59 Å². The standard InChI is InChI=1S/C19H16N2O3/c1-24-19(23)16-10-9-13-5-2-3-7-15(13)21(16)18-14(11-12-20)6-4-8-17(18)22/h2-10,16,18H,11H2,1H3. The number of methoxy groups -OCH3 is 1. The zero-order valence-corrected chi connectivity index (χ0v) is 13.2. The number of anilines is 1. The molecular weight excluding hydrogens is 304 g/mol. The molecule has 24 heavy (non-hydrogen) atoms. The zero-order chi connectivity index (χ0) is 17.1. The lowest BCUT2D eigenvalue weighted by molar-refractivity contribution is -0.141. The van der Waals surface area contributed by atoms with Gasteiger partial charge in [-0.3, -0.25) is 4.79 Å². The molecule has 0 N–H and O–H groups in total. The van der Waals surface area contributed by atoms with Crippen molar-refractivity contribution >= 4 is 23.5 Å². The molecule has 0 radical (unpaired) electrons. The van der Waals surface area contributed by atoms with Crippen molar-refractivity contribution in [2.45, 2.75) is 18.5 Å². The van der Waals surface area contributed by atoms with Crippen LogP contribution in [0.1, 0.15) is 12.0 Å². The highest BCUT2D eigenvalue weighted by molar-refractivity contribution is 6.03. The van der Waals surface area contributed by atoms with Crippen LogP contribution in [0.3, 0.4) is 0 Å². The van der Waals surface area contributed by atoms with Crippen LogP contribution in [-0.4, -0.2) is 30.9 Å². The summed E-state index contributed by atoms with van der Waals surface area (Å²) in [7, 11) is 1.32. The molecule has 0 bridgehead atoms. The highest BCUT2D eigenvalue weighted by Crippen LogP contribution is 2.34. The number of esters is 1. The fraction of sp³-hybridized carbons (Fsp3) is 0.211. The number of para-hydroxylation sites is 1. The molecule has 1 aliphatic heterocycles. The molecular formula is C19H16N2O3. The van der Waals surface area contributed by atoms with Crippen molar-refractivity contribution < 1.29 is 14.3 Å². The number of allylic oxidation sites excluding steroid dienone is 2. The summed E-state index contributed by atoms with van der Waals surface area (Å²) in [5, 5.41) is 9.09. The number of benzene rings is 1.